The van der Waals surface area contributed by atoms with Crippen LogP contribution in [0.1, 0.15) is 10.4 Å². The average Bonchev–Trinajstić information content (AvgIpc) is 2.82. The van der Waals surface area contributed by atoms with Crippen molar-refractivity contribution in [3.8, 4) is 10.4 Å². The molecule has 76 valence electrons. The van der Waals surface area contributed by atoms with Gasteiger partial charge in [0.25, 0.3) is 5.91 Å². The van der Waals surface area contributed by atoms with Gasteiger partial charge in [-0.15, -0.1) is 11.3 Å². The van der Waals surface area contributed by atoms with Crippen LogP contribution in [0.15, 0.2) is 41.8 Å². The molecule has 2 N–H and O–H groups in total. The van der Waals surface area contributed by atoms with Crippen molar-refractivity contribution < 1.29 is 10.0 Å². The second-order valence-electron chi connectivity index (χ2n) is 3.00. The molecule has 0 fully saturated rings. The van der Waals surface area contributed by atoms with Gasteiger partial charge in [0, 0.05) is 10.4 Å². The first-order valence-corrected chi connectivity index (χ1v) is 5.27. The highest BCUT2D eigenvalue weighted by atomic mass is 32.1. The number of nitrogens with one attached hydrogen (secondary N) is 1. The highest BCUT2D eigenvalue weighted by Crippen LogP contribution is 2.24. The second-order valence-corrected chi connectivity index (χ2v) is 3.94. The number of carbonyl (C=O) groups is 1. The molecule has 2 rings (SSSR count). The molecule has 0 aliphatic rings. The minimum Gasteiger partial charge on any atom is -0.288 e. The molecular weight excluding hydrogens is 210 g/mol. The van der Waals surface area contributed by atoms with Gasteiger partial charge in [0.1, 0.15) is 0 Å². The predicted molar refractivity (Wildman–Crippen MR) is 59.0 cm³/mol. The molecule has 1 heterocycles. The summed E-state index contributed by atoms with van der Waals surface area (Å²) in [5.41, 5.74) is 3.11. The molecule has 0 radical (unpaired) electrons. The van der Waals surface area contributed by atoms with E-state index in [9.17, 15) is 4.79 Å². The number of hydrogen-bond acceptors (Lipinski definition) is 3. The van der Waals surface area contributed by atoms with Gasteiger partial charge in [-0.05, 0) is 29.1 Å². The normalized spacial score (nSPS) is 9.93. The molecule has 0 bridgehead atoms. The molecule has 0 atom stereocenters. The third-order valence-electron chi connectivity index (χ3n) is 2.05. The number of rotatable bonds is 2. The number of benzene rings is 1. The molecule has 0 unspecified atom stereocenters. The van der Waals surface area contributed by atoms with Crippen LogP contribution in [-0.4, -0.2) is 11.1 Å². The van der Waals surface area contributed by atoms with Gasteiger partial charge < -0.3 is 0 Å². The predicted octanol–water partition coefficient (Wildman–Crippen LogP) is 2.53. The third-order valence-corrected chi connectivity index (χ3v) is 2.97. The first-order chi connectivity index (χ1) is 7.31. The van der Waals surface area contributed by atoms with E-state index in [0.717, 1.165) is 10.4 Å². The average molecular weight is 219 g/mol. The van der Waals surface area contributed by atoms with E-state index in [2.05, 4.69) is 0 Å². The molecule has 1 amide bonds. The van der Waals surface area contributed by atoms with Crippen LogP contribution in [0.4, 0.5) is 0 Å². The molecule has 15 heavy (non-hydrogen) atoms. The van der Waals surface area contributed by atoms with Crippen LogP contribution in [0.5, 0.6) is 0 Å². The zero-order valence-corrected chi connectivity index (χ0v) is 8.62. The lowest BCUT2D eigenvalue weighted by Crippen LogP contribution is -2.18. The monoisotopic (exact) mass is 219 g/mol. The van der Waals surface area contributed by atoms with Crippen LogP contribution in [0, 0.1) is 0 Å². The first-order valence-electron chi connectivity index (χ1n) is 4.39. The van der Waals surface area contributed by atoms with E-state index < -0.39 is 5.91 Å². The zero-order valence-electron chi connectivity index (χ0n) is 7.81. The Kier molecular flexibility index (Phi) is 2.80. The summed E-state index contributed by atoms with van der Waals surface area (Å²) in [6, 6.07) is 11.1. The zero-order chi connectivity index (χ0) is 10.7. The fourth-order valence-electron chi connectivity index (χ4n) is 1.29. The molecule has 3 nitrogen and oxygen atoms in total. The summed E-state index contributed by atoms with van der Waals surface area (Å²) in [5, 5.41) is 10.4. The lowest BCUT2D eigenvalue weighted by molar-refractivity contribution is 0.0706. The fraction of sp³-hybridized carbons (Fsp3) is 0. The van der Waals surface area contributed by atoms with Crippen molar-refractivity contribution in [1.29, 1.82) is 0 Å². The van der Waals surface area contributed by atoms with Gasteiger partial charge in [-0.25, -0.2) is 5.48 Å². The summed E-state index contributed by atoms with van der Waals surface area (Å²) in [6.45, 7) is 0. The molecule has 2 aromatic rings. The van der Waals surface area contributed by atoms with Gasteiger partial charge in [0.05, 0.1) is 0 Å². The maximum Gasteiger partial charge on any atom is 0.274 e. The maximum atomic E-state index is 11.1. The number of hydrogen-bond donors (Lipinski definition) is 2. The fourth-order valence-corrected chi connectivity index (χ4v) is 2.03. The van der Waals surface area contributed by atoms with Crippen molar-refractivity contribution in [2.24, 2.45) is 0 Å². The lowest BCUT2D eigenvalue weighted by Gasteiger charge is -2.00. The van der Waals surface area contributed by atoms with Gasteiger partial charge in [0.15, 0.2) is 0 Å². The molecular formula is C11H9NO2S. The van der Waals surface area contributed by atoms with Crippen molar-refractivity contribution in [3.05, 3.63) is 47.3 Å². The highest BCUT2D eigenvalue weighted by Gasteiger charge is 2.04. The number of thiophene rings is 1. The summed E-state index contributed by atoms with van der Waals surface area (Å²) in [6.07, 6.45) is 0. The number of hydroxylamine groups is 1. The summed E-state index contributed by atoms with van der Waals surface area (Å²) < 4.78 is 0. The standard InChI is InChI=1S/C11H9NO2S/c13-11(12-14)9-5-3-8(4-6-9)10-2-1-7-15-10/h1-7,14H,(H,12,13). The molecule has 1 aromatic carbocycles. The quantitative estimate of drug-likeness (QED) is 0.602. The van der Waals surface area contributed by atoms with Crippen molar-refractivity contribution in [2.75, 3.05) is 0 Å². The minimum absolute atomic E-state index is 0.442. The van der Waals surface area contributed by atoms with Crippen LogP contribution < -0.4 is 5.48 Å². The Labute approximate surface area is 91.0 Å². The van der Waals surface area contributed by atoms with E-state index in [1.807, 2.05) is 29.6 Å². The van der Waals surface area contributed by atoms with E-state index >= 15 is 0 Å². The Morgan fingerprint density at radius 2 is 1.93 bits per heavy atom. The minimum atomic E-state index is -0.493. The Hall–Kier alpha value is -1.65. The Morgan fingerprint density at radius 1 is 1.20 bits per heavy atom. The van der Waals surface area contributed by atoms with E-state index in [1.54, 1.807) is 28.9 Å². The van der Waals surface area contributed by atoms with Crippen LogP contribution in [0.25, 0.3) is 10.4 Å². The Bertz CT molecular complexity index is 448. The van der Waals surface area contributed by atoms with Crippen LogP contribution in [0.3, 0.4) is 0 Å². The van der Waals surface area contributed by atoms with Gasteiger partial charge in [-0.2, -0.15) is 0 Å². The summed E-state index contributed by atoms with van der Waals surface area (Å²) in [4.78, 5) is 12.2. The van der Waals surface area contributed by atoms with Gasteiger partial charge in [0.2, 0.25) is 0 Å². The number of amides is 1. The molecule has 0 aliphatic carbocycles. The smallest absolute Gasteiger partial charge is 0.274 e. The molecule has 0 saturated carbocycles. The Balaban J connectivity index is 2.29. The molecule has 0 spiro atoms. The second kappa shape index (κ2) is 4.25. The van der Waals surface area contributed by atoms with Crippen molar-refractivity contribution >= 4 is 17.2 Å². The summed E-state index contributed by atoms with van der Waals surface area (Å²) in [7, 11) is 0. The Morgan fingerprint density at radius 3 is 2.47 bits per heavy atom. The largest absolute Gasteiger partial charge is 0.288 e. The maximum absolute atomic E-state index is 11.1. The van der Waals surface area contributed by atoms with Crippen LogP contribution in [-0.2, 0) is 0 Å². The van der Waals surface area contributed by atoms with E-state index in [-0.39, 0.29) is 0 Å². The molecule has 0 saturated heterocycles. The third kappa shape index (κ3) is 2.06. The van der Waals surface area contributed by atoms with E-state index in [0.29, 0.717) is 5.56 Å². The van der Waals surface area contributed by atoms with Gasteiger partial charge in [-0.3, -0.25) is 10.0 Å². The number of carbonyl (C=O) groups excluding carboxylic acids is 1. The molecule has 4 heteroatoms. The molecule has 0 aliphatic heterocycles. The highest BCUT2D eigenvalue weighted by molar-refractivity contribution is 7.13. The van der Waals surface area contributed by atoms with Gasteiger partial charge >= 0.3 is 0 Å². The van der Waals surface area contributed by atoms with Gasteiger partial charge in [-0.1, -0.05) is 18.2 Å². The SMILES string of the molecule is O=C(NO)c1ccc(-c2cccs2)cc1. The van der Waals surface area contributed by atoms with Crippen LogP contribution in [0.2, 0.25) is 0 Å². The van der Waals surface area contributed by atoms with Crippen molar-refractivity contribution in [2.45, 2.75) is 0 Å². The van der Waals surface area contributed by atoms with E-state index in [4.69, 9.17) is 5.21 Å². The lowest BCUT2D eigenvalue weighted by atomic mass is 10.1. The van der Waals surface area contributed by atoms with Crippen LogP contribution >= 0.6 is 11.3 Å². The van der Waals surface area contributed by atoms with E-state index in [1.165, 1.54) is 0 Å². The summed E-state index contributed by atoms with van der Waals surface area (Å²) >= 11 is 1.65. The molecule has 1 aromatic heterocycles. The first kappa shape index (κ1) is 9.89. The van der Waals surface area contributed by atoms with Crippen molar-refractivity contribution in [3.63, 3.8) is 0 Å². The van der Waals surface area contributed by atoms with Crippen molar-refractivity contribution in [1.82, 2.24) is 5.48 Å². The summed E-state index contributed by atoms with van der Waals surface area (Å²) in [5.74, 6) is -0.493. The topological polar surface area (TPSA) is 49.3 Å².